The van der Waals surface area contributed by atoms with Crippen LogP contribution in [-0.2, 0) is 15.8 Å². The van der Waals surface area contributed by atoms with Crippen molar-refractivity contribution in [2.75, 3.05) is 30.9 Å². The lowest BCUT2D eigenvalue weighted by Crippen LogP contribution is -2.45. The molecule has 5 nitrogen and oxygen atoms in total. The molecule has 1 aromatic rings. The molecule has 0 aliphatic heterocycles. The predicted octanol–water partition coefficient (Wildman–Crippen LogP) is 2.84. The summed E-state index contributed by atoms with van der Waals surface area (Å²) in [4.78, 5) is 25.1. The van der Waals surface area contributed by atoms with Gasteiger partial charge in [-0.2, -0.15) is 24.9 Å². The third kappa shape index (κ3) is 6.75. The summed E-state index contributed by atoms with van der Waals surface area (Å²) in [6.45, 7) is -0.324. The normalized spacial score (nSPS) is 12.6. The van der Waals surface area contributed by atoms with E-state index in [0.717, 1.165) is 17.0 Å². The maximum atomic E-state index is 12.8. The van der Waals surface area contributed by atoms with Crippen molar-refractivity contribution in [1.29, 1.82) is 0 Å². The van der Waals surface area contributed by atoms with Crippen molar-refractivity contribution < 1.29 is 22.8 Å². The molecule has 10 heteroatoms. The Morgan fingerprint density at radius 2 is 2.04 bits per heavy atom. The van der Waals surface area contributed by atoms with Gasteiger partial charge in [0.2, 0.25) is 11.8 Å². The van der Waals surface area contributed by atoms with Crippen molar-refractivity contribution in [3.05, 3.63) is 28.8 Å². The number of nitrogens with one attached hydrogen (secondary N) is 1. The van der Waals surface area contributed by atoms with Gasteiger partial charge < -0.3 is 16.0 Å². The van der Waals surface area contributed by atoms with Crippen molar-refractivity contribution in [1.82, 2.24) is 4.90 Å². The Morgan fingerprint density at radius 1 is 1.40 bits per heavy atom. The number of alkyl halides is 3. The molecule has 0 radical (unpaired) electrons. The molecular formula is C15H19ClF3N3O2S. The first-order valence-electron chi connectivity index (χ1n) is 7.22. The summed E-state index contributed by atoms with van der Waals surface area (Å²) in [7, 11) is 1.41. The van der Waals surface area contributed by atoms with E-state index in [-0.39, 0.29) is 12.2 Å². The van der Waals surface area contributed by atoms with Crippen LogP contribution in [0, 0.1) is 0 Å². The molecule has 1 rings (SSSR count). The molecule has 0 unspecified atom stereocenters. The Hall–Kier alpha value is -1.45. The summed E-state index contributed by atoms with van der Waals surface area (Å²) in [6.07, 6.45) is -2.28. The average molecular weight is 398 g/mol. The molecule has 0 heterocycles. The number of amides is 2. The lowest BCUT2D eigenvalue weighted by Gasteiger charge is -2.21. The van der Waals surface area contributed by atoms with Crippen LogP contribution >= 0.6 is 23.4 Å². The van der Waals surface area contributed by atoms with Gasteiger partial charge in [0.1, 0.15) is 0 Å². The Morgan fingerprint density at radius 3 is 2.60 bits per heavy atom. The number of halogens is 4. The summed E-state index contributed by atoms with van der Waals surface area (Å²) in [5, 5.41) is 1.85. The van der Waals surface area contributed by atoms with E-state index in [0.29, 0.717) is 12.2 Å². The fraction of sp³-hybridized carbons (Fsp3) is 0.467. The highest BCUT2D eigenvalue weighted by Crippen LogP contribution is 2.36. The minimum Gasteiger partial charge on any atom is -0.335 e. The molecule has 1 aromatic carbocycles. The number of benzene rings is 1. The van der Waals surface area contributed by atoms with Gasteiger partial charge in [-0.25, -0.2) is 0 Å². The Labute approximate surface area is 153 Å². The highest BCUT2D eigenvalue weighted by Gasteiger charge is 2.33. The molecule has 0 aliphatic rings. The number of carbonyl (C=O) groups is 2. The standard InChI is InChI=1S/C15H19ClF3N3O2S/c1-22(14(24)12(20)5-6-25-2)8-13(23)21-9-3-4-11(16)10(7-9)15(17,18)19/h3-4,7,12H,5-6,8,20H2,1-2H3,(H,21,23)/t12-/m0/s1. The highest BCUT2D eigenvalue weighted by atomic mass is 35.5. The van der Waals surface area contributed by atoms with E-state index in [4.69, 9.17) is 17.3 Å². The van der Waals surface area contributed by atoms with Crippen LogP contribution in [-0.4, -0.2) is 48.4 Å². The molecule has 140 valence electrons. The second kappa shape index (κ2) is 9.30. The van der Waals surface area contributed by atoms with Crippen molar-refractivity contribution in [2.45, 2.75) is 18.6 Å². The molecule has 0 bridgehead atoms. The lowest BCUT2D eigenvalue weighted by molar-refractivity contribution is -0.137. The summed E-state index contributed by atoms with van der Waals surface area (Å²) in [6, 6.07) is 2.32. The Bertz CT molecular complexity index is 629. The number of nitrogens with two attached hydrogens (primary N) is 1. The van der Waals surface area contributed by atoms with Crippen LogP contribution in [0.1, 0.15) is 12.0 Å². The number of rotatable bonds is 7. The van der Waals surface area contributed by atoms with E-state index in [2.05, 4.69) is 5.32 Å². The van der Waals surface area contributed by atoms with Gasteiger partial charge in [0, 0.05) is 12.7 Å². The number of hydrogen-bond acceptors (Lipinski definition) is 4. The van der Waals surface area contributed by atoms with Gasteiger partial charge in [0.25, 0.3) is 0 Å². The fourth-order valence-corrected chi connectivity index (χ4v) is 2.68. The van der Waals surface area contributed by atoms with E-state index < -0.39 is 34.6 Å². The van der Waals surface area contributed by atoms with Gasteiger partial charge in [-0.15, -0.1) is 0 Å². The molecular weight excluding hydrogens is 379 g/mol. The average Bonchev–Trinajstić information content (AvgIpc) is 2.52. The van der Waals surface area contributed by atoms with Crippen LogP contribution in [0.15, 0.2) is 18.2 Å². The van der Waals surface area contributed by atoms with Crippen molar-refractivity contribution in [3.8, 4) is 0 Å². The number of nitrogens with zero attached hydrogens (tertiary/aromatic N) is 1. The zero-order valence-electron chi connectivity index (χ0n) is 13.7. The van der Waals surface area contributed by atoms with Crippen molar-refractivity contribution >= 4 is 40.9 Å². The Balaban J connectivity index is 2.69. The molecule has 3 N–H and O–H groups in total. The van der Waals surface area contributed by atoms with Gasteiger partial charge >= 0.3 is 6.18 Å². The number of anilines is 1. The molecule has 0 fully saturated rings. The topological polar surface area (TPSA) is 75.4 Å². The number of carbonyl (C=O) groups excluding carboxylic acids is 2. The predicted molar refractivity (Wildman–Crippen MR) is 93.7 cm³/mol. The molecule has 0 saturated heterocycles. The first kappa shape index (κ1) is 21.6. The molecule has 0 saturated carbocycles. The first-order chi connectivity index (χ1) is 11.6. The van der Waals surface area contributed by atoms with Gasteiger partial charge in [0.15, 0.2) is 0 Å². The zero-order chi connectivity index (χ0) is 19.2. The second-order valence-corrected chi connectivity index (χ2v) is 6.72. The van der Waals surface area contributed by atoms with Crippen LogP contribution in [0.3, 0.4) is 0 Å². The number of thioether (sulfide) groups is 1. The summed E-state index contributed by atoms with van der Waals surface area (Å²) < 4.78 is 38.4. The maximum absolute atomic E-state index is 12.8. The second-order valence-electron chi connectivity index (χ2n) is 5.32. The van der Waals surface area contributed by atoms with Crippen molar-refractivity contribution in [2.24, 2.45) is 5.73 Å². The third-order valence-electron chi connectivity index (χ3n) is 3.26. The smallest absolute Gasteiger partial charge is 0.335 e. The minimum absolute atomic E-state index is 0.0609. The molecule has 1 atom stereocenters. The van der Waals surface area contributed by atoms with Crippen molar-refractivity contribution in [3.63, 3.8) is 0 Å². The highest BCUT2D eigenvalue weighted by molar-refractivity contribution is 7.98. The fourth-order valence-electron chi connectivity index (χ4n) is 1.97. The third-order valence-corrected chi connectivity index (χ3v) is 4.24. The van der Waals surface area contributed by atoms with E-state index >= 15 is 0 Å². The summed E-state index contributed by atoms with van der Waals surface area (Å²) in [5.74, 6) is -0.336. The minimum atomic E-state index is -4.63. The number of hydrogen-bond donors (Lipinski definition) is 2. The van der Waals surface area contributed by atoms with Crippen LogP contribution < -0.4 is 11.1 Å². The molecule has 0 spiro atoms. The van der Waals surface area contributed by atoms with E-state index in [9.17, 15) is 22.8 Å². The summed E-state index contributed by atoms with van der Waals surface area (Å²) in [5.41, 5.74) is 4.63. The molecule has 25 heavy (non-hydrogen) atoms. The first-order valence-corrected chi connectivity index (χ1v) is 8.99. The zero-order valence-corrected chi connectivity index (χ0v) is 15.3. The quantitative estimate of drug-likeness (QED) is 0.741. The molecule has 0 aromatic heterocycles. The van der Waals surface area contributed by atoms with Gasteiger partial charge in [-0.3, -0.25) is 9.59 Å². The van der Waals surface area contributed by atoms with E-state index in [1.807, 2.05) is 6.26 Å². The van der Waals surface area contributed by atoms with Crippen LogP contribution in [0.4, 0.5) is 18.9 Å². The Kier molecular flexibility index (Phi) is 8.04. The molecule has 2 amide bonds. The van der Waals surface area contributed by atoms with Crippen LogP contribution in [0.2, 0.25) is 5.02 Å². The monoisotopic (exact) mass is 397 g/mol. The van der Waals surface area contributed by atoms with Gasteiger partial charge in [-0.1, -0.05) is 11.6 Å². The summed E-state index contributed by atoms with van der Waals surface area (Å²) >= 11 is 7.07. The van der Waals surface area contributed by atoms with Gasteiger partial charge in [0.05, 0.1) is 23.2 Å². The lowest BCUT2D eigenvalue weighted by atomic mass is 10.2. The van der Waals surface area contributed by atoms with Gasteiger partial charge in [-0.05, 0) is 36.6 Å². The van der Waals surface area contributed by atoms with E-state index in [1.54, 1.807) is 11.8 Å². The van der Waals surface area contributed by atoms with Crippen LogP contribution in [0.5, 0.6) is 0 Å². The van der Waals surface area contributed by atoms with Crippen LogP contribution in [0.25, 0.3) is 0 Å². The SMILES string of the molecule is CSCC[C@H](N)C(=O)N(C)CC(=O)Nc1ccc(Cl)c(C(F)(F)F)c1. The number of likely N-dealkylation sites (N-methyl/N-ethyl adjacent to an activating group) is 1. The largest absolute Gasteiger partial charge is 0.417 e. The maximum Gasteiger partial charge on any atom is 0.417 e. The van der Waals surface area contributed by atoms with E-state index in [1.165, 1.54) is 13.1 Å². The molecule has 0 aliphatic carbocycles.